The minimum absolute atomic E-state index is 0.541. The molecule has 0 radical (unpaired) electrons. The Bertz CT molecular complexity index is 533. The fourth-order valence-electron chi connectivity index (χ4n) is 2.38. The summed E-state index contributed by atoms with van der Waals surface area (Å²) in [5, 5.41) is 7.01. The molecule has 2 aromatic rings. The second-order valence-corrected chi connectivity index (χ2v) is 5.99. The first-order valence-corrected chi connectivity index (χ1v) is 7.96. The first-order valence-electron chi connectivity index (χ1n) is 6.84. The number of fused-ring (bicyclic) bond motifs is 1. The van der Waals surface area contributed by atoms with Crippen molar-refractivity contribution < 1.29 is 0 Å². The molecule has 0 saturated carbocycles. The van der Waals surface area contributed by atoms with Crippen molar-refractivity contribution in [1.82, 2.24) is 14.7 Å². The Hall–Kier alpha value is -0.870. The first kappa shape index (κ1) is 14.5. The van der Waals surface area contributed by atoms with Gasteiger partial charge in [-0.1, -0.05) is 34.1 Å². The number of halogens is 1. The van der Waals surface area contributed by atoms with Crippen molar-refractivity contribution >= 4 is 26.8 Å². The molecule has 0 unspecified atom stereocenters. The van der Waals surface area contributed by atoms with Crippen LogP contribution in [0.3, 0.4) is 0 Å². The molecule has 0 aliphatic rings. The van der Waals surface area contributed by atoms with Gasteiger partial charge in [0.1, 0.15) is 0 Å². The van der Waals surface area contributed by atoms with Gasteiger partial charge in [0.05, 0.1) is 11.2 Å². The molecular weight excluding hydrogens is 302 g/mol. The van der Waals surface area contributed by atoms with Crippen molar-refractivity contribution in [2.45, 2.75) is 32.9 Å². The zero-order chi connectivity index (χ0) is 13.8. The quantitative estimate of drug-likeness (QED) is 0.758. The van der Waals surface area contributed by atoms with Gasteiger partial charge < -0.3 is 0 Å². The number of nitrogens with zero attached hydrogens (tertiary/aromatic N) is 3. The van der Waals surface area contributed by atoms with E-state index in [1.807, 2.05) is 11.7 Å². The second kappa shape index (κ2) is 6.53. The zero-order valence-electron chi connectivity index (χ0n) is 11.9. The minimum atomic E-state index is 0.541. The Morgan fingerprint density at radius 1 is 1.32 bits per heavy atom. The molecule has 0 fully saturated rings. The average Bonchev–Trinajstić information content (AvgIpc) is 2.72. The van der Waals surface area contributed by atoms with Crippen LogP contribution in [0.2, 0.25) is 0 Å². The van der Waals surface area contributed by atoms with E-state index >= 15 is 0 Å². The lowest BCUT2D eigenvalue weighted by atomic mass is 10.2. The van der Waals surface area contributed by atoms with Gasteiger partial charge in [-0.25, -0.2) is 0 Å². The van der Waals surface area contributed by atoms with Crippen LogP contribution >= 0.6 is 15.9 Å². The second-order valence-electron chi connectivity index (χ2n) is 5.19. The zero-order valence-corrected chi connectivity index (χ0v) is 13.5. The Kier molecular flexibility index (Phi) is 4.99. The Morgan fingerprint density at radius 3 is 2.74 bits per heavy atom. The van der Waals surface area contributed by atoms with Gasteiger partial charge in [-0.15, -0.1) is 0 Å². The SMILES string of the molecule is CC(C)N(CCCBr)Cc1nn(C)c2ccccc12. The summed E-state index contributed by atoms with van der Waals surface area (Å²) in [6, 6.07) is 9.00. The summed E-state index contributed by atoms with van der Waals surface area (Å²) in [6.07, 6.45) is 1.17. The summed E-state index contributed by atoms with van der Waals surface area (Å²) in [6.45, 7) is 6.53. The minimum Gasteiger partial charge on any atom is -0.295 e. The molecule has 3 nitrogen and oxygen atoms in total. The van der Waals surface area contributed by atoms with Gasteiger partial charge >= 0.3 is 0 Å². The summed E-state index contributed by atoms with van der Waals surface area (Å²) in [7, 11) is 2.02. The highest BCUT2D eigenvalue weighted by atomic mass is 79.9. The maximum Gasteiger partial charge on any atom is 0.0843 e. The standard InChI is InChI=1S/C15H22BrN3/c1-12(2)19(10-6-9-16)11-14-13-7-4-5-8-15(13)18(3)17-14/h4-5,7-8,12H,6,9-11H2,1-3H3. The highest BCUT2D eigenvalue weighted by molar-refractivity contribution is 9.09. The molecule has 0 N–H and O–H groups in total. The van der Waals surface area contributed by atoms with Gasteiger partial charge in [0, 0.05) is 30.4 Å². The number of alkyl halides is 1. The molecule has 1 aromatic carbocycles. The highest BCUT2D eigenvalue weighted by Gasteiger charge is 2.14. The molecule has 2 rings (SSSR count). The highest BCUT2D eigenvalue weighted by Crippen LogP contribution is 2.19. The van der Waals surface area contributed by atoms with E-state index in [9.17, 15) is 0 Å². The van der Waals surface area contributed by atoms with E-state index < -0.39 is 0 Å². The largest absolute Gasteiger partial charge is 0.295 e. The Morgan fingerprint density at radius 2 is 2.05 bits per heavy atom. The molecule has 0 amide bonds. The lowest BCUT2D eigenvalue weighted by Gasteiger charge is -2.25. The van der Waals surface area contributed by atoms with E-state index in [0.717, 1.165) is 18.4 Å². The molecule has 104 valence electrons. The summed E-state index contributed by atoms with van der Waals surface area (Å²) in [4.78, 5) is 2.48. The van der Waals surface area contributed by atoms with Gasteiger partial charge in [-0.2, -0.15) is 5.10 Å². The third-order valence-electron chi connectivity index (χ3n) is 3.50. The van der Waals surface area contributed by atoms with Gasteiger partial charge in [-0.3, -0.25) is 9.58 Å². The number of aryl methyl sites for hydroxylation is 1. The third-order valence-corrected chi connectivity index (χ3v) is 4.06. The van der Waals surface area contributed by atoms with Crippen molar-refractivity contribution in [3.05, 3.63) is 30.0 Å². The van der Waals surface area contributed by atoms with Crippen LogP contribution in [0, 0.1) is 0 Å². The normalized spacial score (nSPS) is 11.9. The molecule has 4 heteroatoms. The number of rotatable bonds is 6. The topological polar surface area (TPSA) is 21.1 Å². The lowest BCUT2D eigenvalue weighted by Crippen LogP contribution is -2.31. The summed E-state index contributed by atoms with van der Waals surface area (Å²) < 4.78 is 1.98. The fourth-order valence-corrected chi connectivity index (χ4v) is 2.63. The fraction of sp³-hybridized carbons (Fsp3) is 0.533. The molecule has 1 heterocycles. The molecule has 1 aromatic heterocycles. The van der Waals surface area contributed by atoms with Crippen LogP contribution in [0.5, 0.6) is 0 Å². The molecule has 0 atom stereocenters. The number of hydrogen-bond acceptors (Lipinski definition) is 2. The number of aromatic nitrogens is 2. The van der Waals surface area contributed by atoms with Crippen LogP contribution in [0.25, 0.3) is 10.9 Å². The third kappa shape index (κ3) is 3.37. The van der Waals surface area contributed by atoms with E-state index in [2.05, 4.69) is 64.0 Å². The summed E-state index contributed by atoms with van der Waals surface area (Å²) >= 11 is 3.51. The van der Waals surface area contributed by atoms with Gasteiger partial charge in [0.15, 0.2) is 0 Å². The van der Waals surface area contributed by atoms with Crippen LogP contribution in [0.15, 0.2) is 24.3 Å². The summed E-state index contributed by atoms with van der Waals surface area (Å²) in [5.41, 5.74) is 2.39. The molecular formula is C15H22BrN3. The van der Waals surface area contributed by atoms with E-state index in [1.54, 1.807) is 0 Å². The molecule has 0 aliphatic heterocycles. The predicted molar refractivity (Wildman–Crippen MR) is 84.7 cm³/mol. The van der Waals surface area contributed by atoms with Crippen molar-refractivity contribution in [3.8, 4) is 0 Å². The van der Waals surface area contributed by atoms with Gasteiger partial charge in [0.2, 0.25) is 0 Å². The number of para-hydroxylation sites is 1. The molecule has 0 bridgehead atoms. The Balaban J connectivity index is 2.23. The first-order chi connectivity index (χ1) is 9.13. The van der Waals surface area contributed by atoms with E-state index in [1.165, 1.54) is 23.0 Å². The average molecular weight is 324 g/mol. The van der Waals surface area contributed by atoms with E-state index in [-0.39, 0.29) is 0 Å². The lowest BCUT2D eigenvalue weighted by molar-refractivity contribution is 0.212. The van der Waals surface area contributed by atoms with E-state index in [4.69, 9.17) is 0 Å². The predicted octanol–water partition coefficient (Wildman–Crippen LogP) is 3.57. The molecule has 0 saturated heterocycles. The molecule has 0 spiro atoms. The Labute approximate surface area is 123 Å². The van der Waals surface area contributed by atoms with Crippen molar-refractivity contribution in [2.24, 2.45) is 7.05 Å². The van der Waals surface area contributed by atoms with Crippen LogP contribution < -0.4 is 0 Å². The number of hydrogen-bond donors (Lipinski definition) is 0. The maximum absolute atomic E-state index is 4.68. The van der Waals surface area contributed by atoms with Crippen molar-refractivity contribution in [1.29, 1.82) is 0 Å². The van der Waals surface area contributed by atoms with Gasteiger partial charge in [-0.05, 0) is 32.9 Å². The van der Waals surface area contributed by atoms with E-state index in [0.29, 0.717) is 6.04 Å². The van der Waals surface area contributed by atoms with Crippen LogP contribution in [0.4, 0.5) is 0 Å². The summed E-state index contributed by atoms with van der Waals surface area (Å²) in [5.74, 6) is 0. The smallest absolute Gasteiger partial charge is 0.0843 e. The van der Waals surface area contributed by atoms with Gasteiger partial charge in [0.25, 0.3) is 0 Å². The monoisotopic (exact) mass is 323 g/mol. The van der Waals surface area contributed by atoms with Crippen molar-refractivity contribution in [3.63, 3.8) is 0 Å². The van der Waals surface area contributed by atoms with Crippen LogP contribution in [-0.2, 0) is 13.6 Å². The molecule has 19 heavy (non-hydrogen) atoms. The molecule has 0 aliphatic carbocycles. The van der Waals surface area contributed by atoms with Crippen molar-refractivity contribution in [2.75, 3.05) is 11.9 Å². The maximum atomic E-state index is 4.68. The van der Waals surface area contributed by atoms with Crippen LogP contribution in [0.1, 0.15) is 26.0 Å². The van der Waals surface area contributed by atoms with Crippen LogP contribution in [-0.4, -0.2) is 32.6 Å². The number of benzene rings is 1.